The van der Waals surface area contributed by atoms with Crippen LogP contribution in [0.4, 0.5) is 4.79 Å². The van der Waals surface area contributed by atoms with Gasteiger partial charge < -0.3 is 9.64 Å². The van der Waals surface area contributed by atoms with Gasteiger partial charge in [-0.25, -0.2) is 0 Å². The molecule has 13 heavy (non-hydrogen) atoms. The standard InChI is InChI=1S/C8H15NO3S/c1-4-7(10)12-5-6-13-8(11)9(2)3/h4-6H2,1-3H3. The summed E-state index contributed by atoms with van der Waals surface area (Å²) in [7, 11) is 3.38. The van der Waals surface area contributed by atoms with Crippen LogP contribution in [0.15, 0.2) is 0 Å². The number of carbonyl (C=O) groups is 2. The summed E-state index contributed by atoms with van der Waals surface area (Å²) in [5, 5.41) is -0.0208. The van der Waals surface area contributed by atoms with Crippen LogP contribution < -0.4 is 0 Å². The predicted molar refractivity (Wildman–Crippen MR) is 52.8 cm³/mol. The molecule has 0 rings (SSSR count). The number of carbonyl (C=O) groups excluding carboxylic acids is 2. The van der Waals surface area contributed by atoms with Crippen molar-refractivity contribution in [3.63, 3.8) is 0 Å². The van der Waals surface area contributed by atoms with Crippen LogP contribution in [0.2, 0.25) is 0 Å². The highest BCUT2D eigenvalue weighted by Crippen LogP contribution is 2.05. The van der Waals surface area contributed by atoms with Gasteiger partial charge in [0.25, 0.3) is 5.24 Å². The summed E-state index contributed by atoms with van der Waals surface area (Å²) in [6.45, 7) is 2.04. The SMILES string of the molecule is CCC(=O)OCCSC(=O)N(C)C. The van der Waals surface area contributed by atoms with Gasteiger partial charge in [0.05, 0.1) is 0 Å². The van der Waals surface area contributed by atoms with Gasteiger partial charge in [0, 0.05) is 26.3 Å². The van der Waals surface area contributed by atoms with E-state index in [4.69, 9.17) is 4.74 Å². The minimum Gasteiger partial charge on any atom is -0.465 e. The van der Waals surface area contributed by atoms with E-state index in [2.05, 4.69) is 0 Å². The molecule has 4 nitrogen and oxygen atoms in total. The van der Waals surface area contributed by atoms with Crippen LogP contribution in [0.25, 0.3) is 0 Å². The van der Waals surface area contributed by atoms with E-state index in [1.54, 1.807) is 21.0 Å². The van der Waals surface area contributed by atoms with Crippen molar-refractivity contribution in [1.29, 1.82) is 0 Å². The molecule has 0 saturated heterocycles. The lowest BCUT2D eigenvalue weighted by Gasteiger charge is -2.08. The molecule has 0 saturated carbocycles. The summed E-state index contributed by atoms with van der Waals surface area (Å²) in [4.78, 5) is 23.2. The summed E-state index contributed by atoms with van der Waals surface area (Å²) < 4.78 is 4.79. The molecule has 0 aromatic rings. The van der Waals surface area contributed by atoms with Crippen molar-refractivity contribution in [2.75, 3.05) is 26.5 Å². The second kappa shape index (κ2) is 6.77. The highest BCUT2D eigenvalue weighted by Gasteiger charge is 2.04. The topological polar surface area (TPSA) is 46.6 Å². The quantitative estimate of drug-likeness (QED) is 0.513. The first-order chi connectivity index (χ1) is 6.07. The first kappa shape index (κ1) is 12.3. The third kappa shape index (κ3) is 6.45. The molecule has 0 fully saturated rings. The number of hydrogen-bond acceptors (Lipinski definition) is 4. The minimum absolute atomic E-state index is 0.0208. The molecule has 0 aromatic heterocycles. The van der Waals surface area contributed by atoms with Crippen LogP contribution in [0, 0.1) is 0 Å². The zero-order valence-corrected chi connectivity index (χ0v) is 9.02. The van der Waals surface area contributed by atoms with E-state index in [1.165, 1.54) is 4.90 Å². The number of esters is 1. The molecule has 76 valence electrons. The van der Waals surface area contributed by atoms with Crippen LogP contribution in [-0.4, -0.2) is 42.6 Å². The van der Waals surface area contributed by atoms with Crippen LogP contribution in [0.1, 0.15) is 13.3 Å². The Hall–Kier alpha value is -0.710. The van der Waals surface area contributed by atoms with E-state index in [9.17, 15) is 9.59 Å². The fourth-order valence-electron chi connectivity index (χ4n) is 0.516. The molecule has 0 atom stereocenters. The average Bonchev–Trinajstić information content (AvgIpc) is 2.11. The zero-order chi connectivity index (χ0) is 10.3. The molecular weight excluding hydrogens is 190 g/mol. The predicted octanol–water partition coefficient (Wildman–Crippen LogP) is 1.35. The van der Waals surface area contributed by atoms with Crippen molar-refractivity contribution < 1.29 is 14.3 Å². The van der Waals surface area contributed by atoms with Crippen molar-refractivity contribution in [2.24, 2.45) is 0 Å². The molecule has 0 aliphatic heterocycles. The fraction of sp³-hybridized carbons (Fsp3) is 0.750. The van der Waals surface area contributed by atoms with Crippen molar-refractivity contribution in [2.45, 2.75) is 13.3 Å². The van der Waals surface area contributed by atoms with E-state index >= 15 is 0 Å². The average molecular weight is 205 g/mol. The molecule has 0 aliphatic rings. The maximum Gasteiger partial charge on any atom is 0.305 e. The van der Waals surface area contributed by atoms with Gasteiger partial charge in [-0.3, -0.25) is 9.59 Å². The van der Waals surface area contributed by atoms with Crippen molar-refractivity contribution in [1.82, 2.24) is 4.90 Å². The van der Waals surface area contributed by atoms with Gasteiger partial charge in [0.2, 0.25) is 0 Å². The highest BCUT2D eigenvalue weighted by atomic mass is 32.2. The molecule has 5 heteroatoms. The van der Waals surface area contributed by atoms with Crippen molar-refractivity contribution in [3.8, 4) is 0 Å². The largest absolute Gasteiger partial charge is 0.465 e. The Bertz CT molecular complexity index is 182. The second-order valence-corrected chi connectivity index (χ2v) is 3.63. The van der Waals surface area contributed by atoms with E-state index in [0.717, 1.165) is 11.8 Å². The Morgan fingerprint density at radius 2 is 2.00 bits per heavy atom. The molecular formula is C8H15NO3S. The van der Waals surface area contributed by atoms with Crippen LogP contribution in [0.5, 0.6) is 0 Å². The Morgan fingerprint density at radius 1 is 1.38 bits per heavy atom. The van der Waals surface area contributed by atoms with Gasteiger partial charge >= 0.3 is 5.97 Å². The number of rotatable bonds is 4. The first-order valence-corrected chi connectivity index (χ1v) is 5.06. The Morgan fingerprint density at radius 3 is 2.46 bits per heavy atom. The molecule has 0 unspecified atom stereocenters. The first-order valence-electron chi connectivity index (χ1n) is 4.07. The third-order valence-electron chi connectivity index (χ3n) is 1.23. The molecule has 1 amide bonds. The minimum atomic E-state index is -0.224. The Labute approximate surface area is 82.6 Å². The lowest BCUT2D eigenvalue weighted by molar-refractivity contribution is -0.142. The number of thioether (sulfide) groups is 1. The number of nitrogens with zero attached hydrogens (tertiary/aromatic N) is 1. The maximum atomic E-state index is 11.0. The summed E-state index contributed by atoms with van der Waals surface area (Å²) in [5.74, 6) is 0.292. The fourth-order valence-corrected chi connectivity index (χ4v) is 1.12. The molecule has 0 N–H and O–H groups in total. The van der Waals surface area contributed by atoms with Gasteiger partial charge in [-0.1, -0.05) is 18.7 Å². The van der Waals surface area contributed by atoms with Gasteiger partial charge in [-0.05, 0) is 0 Å². The van der Waals surface area contributed by atoms with Crippen LogP contribution >= 0.6 is 11.8 Å². The summed E-state index contributed by atoms with van der Waals surface area (Å²) >= 11 is 1.15. The van der Waals surface area contributed by atoms with Gasteiger partial charge in [0.15, 0.2) is 0 Å². The monoisotopic (exact) mass is 205 g/mol. The third-order valence-corrected chi connectivity index (χ3v) is 2.21. The smallest absolute Gasteiger partial charge is 0.305 e. The second-order valence-electron chi connectivity index (χ2n) is 2.58. The maximum absolute atomic E-state index is 11.0. The lowest BCUT2D eigenvalue weighted by Crippen LogP contribution is -2.17. The van der Waals surface area contributed by atoms with Gasteiger partial charge in [0.1, 0.15) is 6.61 Å². The van der Waals surface area contributed by atoms with Crippen LogP contribution in [0.3, 0.4) is 0 Å². The van der Waals surface area contributed by atoms with Gasteiger partial charge in [-0.15, -0.1) is 0 Å². The Balaban J connectivity index is 3.36. The lowest BCUT2D eigenvalue weighted by atomic mass is 10.5. The van der Waals surface area contributed by atoms with Crippen molar-refractivity contribution >= 4 is 23.0 Å². The number of ether oxygens (including phenoxy) is 1. The molecule has 0 heterocycles. The van der Waals surface area contributed by atoms with Gasteiger partial charge in [-0.2, -0.15) is 0 Å². The van der Waals surface area contributed by atoms with E-state index in [-0.39, 0.29) is 11.2 Å². The number of hydrogen-bond donors (Lipinski definition) is 0. The van der Waals surface area contributed by atoms with Crippen LogP contribution in [-0.2, 0) is 9.53 Å². The van der Waals surface area contributed by atoms with Crippen molar-refractivity contribution in [3.05, 3.63) is 0 Å². The summed E-state index contributed by atoms with van der Waals surface area (Å²) in [6.07, 6.45) is 0.381. The van der Waals surface area contributed by atoms with E-state index < -0.39 is 0 Å². The molecule has 0 aromatic carbocycles. The normalized spacial score (nSPS) is 9.46. The molecule has 0 spiro atoms. The van der Waals surface area contributed by atoms with E-state index in [1.807, 2.05) is 0 Å². The zero-order valence-electron chi connectivity index (χ0n) is 8.20. The summed E-state index contributed by atoms with van der Waals surface area (Å²) in [5.41, 5.74) is 0. The molecule has 0 aliphatic carbocycles. The molecule has 0 radical (unpaired) electrons. The highest BCUT2D eigenvalue weighted by molar-refractivity contribution is 8.13. The molecule has 0 bridgehead atoms. The Kier molecular flexibility index (Phi) is 6.40. The summed E-state index contributed by atoms with van der Waals surface area (Å²) in [6, 6.07) is 0. The number of amides is 1. The van der Waals surface area contributed by atoms with E-state index in [0.29, 0.717) is 18.8 Å².